The third kappa shape index (κ3) is 3.81. The number of nitro benzene ring substituents is 2. The molecular formula is C19H22Cl2N4O4. The molecule has 0 aliphatic carbocycles. The highest BCUT2D eigenvalue weighted by molar-refractivity contribution is 5.85. The summed E-state index contributed by atoms with van der Waals surface area (Å²) in [5, 5.41) is 22.4. The number of benzene rings is 2. The van der Waals surface area contributed by atoms with Crippen molar-refractivity contribution in [2.45, 2.75) is 12.0 Å². The van der Waals surface area contributed by atoms with Gasteiger partial charge in [-0.2, -0.15) is 0 Å². The molecule has 0 saturated carbocycles. The lowest BCUT2D eigenvalue weighted by Gasteiger charge is -2.53. The van der Waals surface area contributed by atoms with Gasteiger partial charge in [-0.1, -0.05) is 6.07 Å². The van der Waals surface area contributed by atoms with Crippen molar-refractivity contribution in [1.29, 1.82) is 0 Å². The summed E-state index contributed by atoms with van der Waals surface area (Å²) in [4.78, 5) is 26.2. The van der Waals surface area contributed by atoms with Gasteiger partial charge in [0.15, 0.2) is 0 Å². The molecule has 29 heavy (non-hydrogen) atoms. The maximum absolute atomic E-state index is 11.4. The second-order valence-corrected chi connectivity index (χ2v) is 7.24. The molecule has 0 N–H and O–H groups in total. The van der Waals surface area contributed by atoms with E-state index in [9.17, 15) is 20.2 Å². The van der Waals surface area contributed by atoms with Crippen LogP contribution in [0.4, 0.5) is 11.4 Å². The van der Waals surface area contributed by atoms with Crippen LogP contribution in [0.2, 0.25) is 0 Å². The van der Waals surface area contributed by atoms with E-state index in [1.54, 1.807) is 24.3 Å². The van der Waals surface area contributed by atoms with Crippen molar-refractivity contribution >= 4 is 36.2 Å². The van der Waals surface area contributed by atoms with Gasteiger partial charge >= 0.3 is 0 Å². The van der Waals surface area contributed by atoms with E-state index in [0.29, 0.717) is 6.54 Å². The molecule has 4 rings (SSSR count). The molecule has 2 heterocycles. The summed E-state index contributed by atoms with van der Waals surface area (Å²) in [5.41, 5.74) is 2.54. The molecule has 2 aliphatic rings. The quantitative estimate of drug-likeness (QED) is 0.536. The SMILES string of the molecule is CN1CCN2CCc3ccc([N+](=O)[O-])cc3C2(c2ccc([N+](=O)[O-])cc2)C1.Cl.Cl. The second kappa shape index (κ2) is 8.62. The lowest BCUT2D eigenvalue weighted by Crippen LogP contribution is -2.62. The summed E-state index contributed by atoms with van der Waals surface area (Å²) in [6.07, 6.45) is 0.839. The number of fused-ring (bicyclic) bond motifs is 3. The third-order valence-corrected chi connectivity index (χ3v) is 5.75. The van der Waals surface area contributed by atoms with E-state index in [2.05, 4.69) is 9.80 Å². The Morgan fingerprint density at radius 1 is 0.897 bits per heavy atom. The Hall–Kier alpha value is -2.26. The molecule has 2 aliphatic heterocycles. The zero-order chi connectivity index (χ0) is 19.2. The zero-order valence-corrected chi connectivity index (χ0v) is 17.4. The van der Waals surface area contributed by atoms with E-state index in [4.69, 9.17) is 0 Å². The number of likely N-dealkylation sites (N-methyl/N-ethyl adjacent to an activating group) is 1. The van der Waals surface area contributed by atoms with Crippen molar-refractivity contribution in [3.05, 3.63) is 79.4 Å². The molecule has 1 atom stereocenters. The minimum atomic E-state index is -0.540. The van der Waals surface area contributed by atoms with Gasteiger partial charge in [0.2, 0.25) is 0 Å². The van der Waals surface area contributed by atoms with Crippen LogP contribution in [0.25, 0.3) is 0 Å². The van der Waals surface area contributed by atoms with Crippen molar-refractivity contribution in [3.8, 4) is 0 Å². The summed E-state index contributed by atoms with van der Waals surface area (Å²) >= 11 is 0. The summed E-state index contributed by atoms with van der Waals surface area (Å²) in [6.45, 7) is 3.29. The average Bonchev–Trinajstić information content (AvgIpc) is 2.67. The molecule has 0 aromatic heterocycles. The topological polar surface area (TPSA) is 92.8 Å². The highest BCUT2D eigenvalue weighted by Crippen LogP contribution is 2.44. The Labute approximate surface area is 180 Å². The van der Waals surface area contributed by atoms with Gasteiger partial charge in [0, 0.05) is 50.4 Å². The molecule has 2 aromatic carbocycles. The molecule has 0 spiro atoms. The van der Waals surface area contributed by atoms with Gasteiger partial charge in [0.1, 0.15) is 0 Å². The van der Waals surface area contributed by atoms with Gasteiger partial charge < -0.3 is 4.90 Å². The fourth-order valence-electron chi connectivity index (χ4n) is 4.43. The Balaban J connectivity index is 0.00000150. The number of nitro groups is 2. The van der Waals surface area contributed by atoms with Crippen LogP contribution in [0.15, 0.2) is 42.5 Å². The lowest BCUT2D eigenvalue weighted by atomic mass is 9.74. The first kappa shape index (κ1) is 23.0. The summed E-state index contributed by atoms with van der Waals surface area (Å²) < 4.78 is 0. The first-order valence-electron chi connectivity index (χ1n) is 8.88. The number of rotatable bonds is 3. The number of piperazine rings is 1. The Morgan fingerprint density at radius 2 is 1.52 bits per heavy atom. The van der Waals surface area contributed by atoms with Crippen molar-refractivity contribution in [2.75, 3.05) is 33.2 Å². The molecule has 2 aromatic rings. The fraction of sp³-hybridized carbons (Fsp3) is 0.368. The molecule has 10 heteroatoms. The molecule has 1 unspecified atom stereocenters. The third-order valence-electron chi connectivity index (χ3n) is 5.75. The van der Waals surface area contributed by atoms with Crippen LogP contribution < -0.4 is 0 Å². The van der Waals surface area contributed by atoms with Gasteiger partial charge in [-0.3, -0.25) is 25.1 Å². The molecule has 156 valence electrons. The van der Waals surface area contributed by atoms with Crippen LogP contribution in [0.1, 0.15) is 16.7 Å². The Bertz CT molecular complexity index is 925. The van der Waals surface area contributed by atoms with Gasteiger partial charge in [-0.15, -0.1) is 24.8 Å². The van der Waals surface area contributed by atoms with Crippen molar-refractivity contribution < 1.29 is 9.85 Å². The van der Waals surface area contributed by atoms with Crippen LogP contribution in [0.5, 0.6) is 0 Å². The van der Waals surface area contributed by atoms with Crippen molar-refractivity contribution in [3.63, 3.8) is 0 Å². The van der Waals surface area contributed by atoms with Crippen molar-refractivity contribution in [1.82, 2.24) is 9.80 Å². The first-order valence-corrected chi connectivity index (χ1v) is 8.88. The predicted octanol–water partition coefficient (Wildman–Crippen LogP) is 3.39. The molecular weight excluding hydrogens is 419 g/mol. The highest BCUT2D eigenvalue weighted by Gasteiger charge is 2.47. The minimum Gasteiger partial charge on any atom is -0.303 e. The molecule has 0 amide bonds. The average molecular weight is 441 g/mol. The zero-order valence-electron chi connectivity index (χ0n) is 15.8. The smallest absolute Gasteiger partial charge is 0.269 e. The summed E-state index contributed by atoms with van der Waals surface area (Å²) in [5.74, 6) is 0. The van der Waals surface area contributed by atoms with Gasteiger partial charge in [-0.05, 0) is 42.3 Å². The Morgan fingerprint density at radius 3 is 2.14 bits per heavy atom. The number of hydrogen-bond acceptors (Lipinski definition) is 6. The van der Waals surface area contributed by atoms with E-state index in [1.807, 2.05) is 13.1 Å². The van der Waals surface area contributed by atoms with E-state index in [1.165, 1.54) is 12.1 Å². The lowest BCUT2D eigenvalue weighted by molar-refractivity contribution is -0.385. The number of non-ortho nitro benzene ring substituents is 2. The van der Waals surface area contributed by atoms with E-state index >= 15 is 0 Å². The number of hydrogen-bond donors (Lipinski definition) is 0. The largest absolute Gasteiger partial charge is 0.303 e. The summed E-state index contributed by atoms with van der Waals surface area (Å²) in [7, 11) is 2.04. The molecule has 1 fully saturated rings. The minimum absolute atomic E-state index is 0. The number of halogens is 2. The van der Waals surface area contributed by atoms with Gasteiger partial charge in [0.05, 0.1) is 15.4 Å². The van der Waals surface area contributed by atoms with Crippen molar-refractivity contribution in [2.24, 2.45) is 0 Å². The van der Waals surface area contributed by atoms with Crippen LogP contribution in [-0.4, -0.2) is 52.9 Å². The second-order valence-electron chi connectivity index (χ2n) is 7.24. The maximum Gasteiger partial charge on any atom is 0.269 e. The maximum atomic E-state index is 11.4. The Kier molecular flexibility index (Phi) is 6.85. The molecule has 1 saturated heterocycles. The van der Waals surface area contributed by atoms with E-state index in [-0.39, 0.29) is 41.1 Å². The van der Waals surface area contributed by atoms with Gasteiger partial charge in [0.25, 0.3) is 11.4 Å². The van der Waals surface area contributed by atoms with E-state index < -0.39 is 10.5 Å². The molecule has 8 nitrogen and oxygen atoms in total. The normalized spacial score (nSPS) is 21.1. The number of nitrogens with zero attached hydrogens (tertiary/aromatic N) is 4. The first-order chi connectivity index (χ1) is 12.9. The monoisotopic (exact) mass is 440 g/mol. The molecule has 0 radical (unpaired) electrons. The van der Waals surface area contributed by atoms with E-state index in [0.717, 1.165) is 42.7 Å². The standard InChI is InChI=1S/C19H20N4O4.2ClH/c1-20-10-11-21-9-8-14-2-5-17(23(26)27)12-18(14)19(21,13-20)15-3-6-16(7-4-15)22(24)25;;/h2-7,12H,8-11,13H2,1H3;2*1H. The molecule has 0 bridgehead atoms. The van der Waals surface area contributed by atoms with Gasteiger partial charge in [-0.25, -0.2) is 0 Å². The van der Waals surface area contributed by atoms with Crippen LogP contribution in [0.3, 0.4) is 0 Å². The highest BCUT2D eigenvalue weighted by atomic mass is 35.5. The summed E-state index contributed by atoms with van der Waals surface area (Å²) in [6, 6.07) is 11.7. The van der Waals surface area contributed by atoms with Crippen LogP contribution >= 0.6 is 24.8 Å². The fourth-order valence-corrected chi connectivity index (χ4v) is 4.43. The van der Waals surface area contributed by atoms with Crippen LogP contribution in [0, 0.1) is 20.2 Å². The predicted molar refractivity (Wildman–Crippen MR) is 114 cm³/mol. The van der Waals surface area contributed by atoms with Crippen LogP contribution in [-0.2, 0) is 12.0 Å².